The van der Waals surface area contributed by atoms with Gasteiger partial charge < -0.3 is 9.80 Å². The lowest BCUT2D eigenvalue weighted by Gasteiger charge is -2.40. The van der Waals surface area contributed by atoms with Crippen molar-refractivity contribution in [3.63, 3.8) is 0 Å². The highest BCUT2D eigenvalue weighted by atomic mass is 16.1. The van der Waals surface area contributed by atoms with Gasteiger partial charge in [0.15, 0.2) is 0 Å². The van der Waals surface area contributed by atoms with Gasteiger partial charge in [-0.3, -0.25) is 4.79 Å². The van der Waals surface area contributed by atoms with Gasteiger partial charge in [0, 0.05) is 24.4 Å². The predicted octanol–water partition coefficient (Wildman–Crippen LogP) is 2.94. The quantitative estimate of drug-likeness (QED) is 0.791. The van der Waals surface area contributed by atoms with Crippen LogP contribution in [0.2, 0.25) is 0 Å². The summed E-state index contributed by atoms with van der Waals surface area (Å²) in [6.45, 7) is 12.0. The first kappa shape index (κ1) is 16.0. The van der Waals surface area contributed by atoms with Crippen molar-refractivity contribution in [1.29, 1.82) is 0 Å². The van der Waals surface area contributed by atoms with Crippen LogP contribution in [0.1, 0.15) is 59.3 Å². The van der Waals surface area contributed by atoms with E-state index < -0.39 is 0 Å². The fourth-order valence-electron chi connectivity index (χ4n) is 3.43. The number of carbonyl (C=O) groups is 1. The Bertz CT molecular complexity index is 307. The normalized spacial score (nSPS) is 23.9. The zero-order chi connectivity index (χ0) is 14.6. The summed E-state index contributed by atoms with van der Waals surface area (Å²) in [6.07, 6.45) is 7.51. The molecule has 2 rings (SSSR count). The highest BCUT2D eigenvalue weighted by Gasteiger charge is 2.26. The average Bonchev–Trinajstić information content (AvgIpc) is 2.45. The fraction of sp³-hybridized carbons (Fsp3) is 0.941. The standard InChI is InChI=1S/C17H32N2O/c1-17(2,3)16(20)9-14-18-12-7-15(8-13-18)19-10-5-4-6-11-19/h15H,4-14H2,1-3H3. The Hall–Kier alpha value is -0.410. The van der Waals surface area contributed by atoms with Crippen molar-refractivity contribution in [3.8, 4) is 0 Å². The molecular formula is C17H32N2O. The maximum atomic E-state index is 12.0. The van der Waals surface area contributed by atoms with Gasteiger partial charge >= 0.3 is 0 Å². The Morgan fingerprint density at radius 3 is 2.15 bits per heavy atom. The van der Waals surface area contributed by atoms with Crippen molar-refractivity contribution in [3.05, 3.63) is 0 Å². The van der Waals surface area contributed by atoms with Gasteiger partial charge in [0.2, 0.25) is 0 Å². The number of ketones is 1. The largest absolute Gasteiger partial charge is 0.303 e. The Labute approximate surface area is 124 Å². The average molecular weight is 280 g/mol. The third-order valence-corrected chi connectivity index (χ3v) is 4.96. The predicted molar refractivity (Wildman–Crippen MR) is 84.0 cm³/mol. The molecule has 0 amide bonds. The minimum Gasteiger partial charge on any atom is -0.303 e. The number of rotatable bonds is 4. The van der Waals surface area contributed by atoms with Gasteiger partial charge in [-0.1, -0.05) is 27.2 Å². The first-order valence-electron chi connectivity index (χ1n) is 8.46. The van der Waals surface area contributed by atoms with Crippen LogP contribution in [0.5, 0.6) is 0 Å². The van der Waals surface area contributed by atoms with Crippen LogP contribution >= 0.6 is 0 Å². The summed E-state index contributed by atoms with van der Waals surface area (Å²) in [5.41, 5.74) is -0.174. The molecule has 0 spiro atoms. The van der Waals surface area contributed by atoms with Crippen molar-refractivity contribution < 1.29 is 4.79 Å². The second-order valence-electron chi connectivity index (χ2n) is 7.59. The van der Waals surface area contributed by atoms with E-state index in [1.807, 2.05) is 20.8 Å². The van der Waals surface area contributed by atoms with E-state index in [9.17, 15) is 4.79 Å². The Morgan fingerprint density at radius 2 is 1.60 bits per heavy atom. The minimum absolute atomic E-state index is 0.174. The lowest BCUT2D eigenvalue weighted by Crippen LogP contribution is -2.47. The SMILES string of the molecule is CC(C)(C)C(=O)CCN1CCC(N2CCCCC2)CC1. The molecule has 116 valence electrons. The van der Waals surface area contributed by atoms with Crippen molar-refractivity contribution in [1.82, 2.24) is 9.80 Å². The molecule has 2 fully saturated rings. The van der Waals surface area contributed by atoms with Gasteiger partial charge in [0.05, 0.1) is 0 Å². The summed E-state index contributed by atoms with van der Waals surface area (Å²) in [7, 11) is 0. The fourth-order valence-corrected chi connectivity index (χ4v) is 3.43. The summed E-state index contributed by atoms with van der Waals surface area (Å²) in [4.78, 5) is 17.2. The smallest absolute Gasteiger partial charge is 0.139 e. The molecule has 20 heavy (non-hydrogen) atoms. The van der Waals surface area contributed by atoms with Crippen LogP contribution in [0.25, 0.3) is 0 Å². The maximum absolute atomic E-state index is 12.0. The molecule has 0 saturated carbocycles. The zero-order valence-electron chi connectivity index (χ0n) is 13.7. The molecule has 3 heteroatoms. The Balaban J connectivity index is 1.67. The molecule has 2 aliphatic heterocycles. The van der Waals surface area contributed by atoms with Gasteiger partial charge in [0.25, 0.3) is 0 Å². The van der Waals surface area contributed by atoms with Gasteiger partial charge in [0.1, 0.15) is 5.78 Å². The molecule has 2 heterocycles. The van der Waals surface area contributed by atoms with E-state index in [1.165, 1.54) is 58.3 Å². The van der Waals surface area contributed by atoms with Crippen LogP contribution in [0.4, 0.5) is 0 Å². The molecule has 2 aliphatic rings. The monoisotopic (exact) mass is 280 g/mol. The van der Waals surface area contributed by atoms with E-state index >= 15 is 0 Å². The van der Waals surface area contributed by atoms with E-state index in [2.05, 4.69) is 9.80 Å². The molecule has 0 radical (unpaired) electrons. The maximum Gasteiger partial charge on any atom is 0.139 e. The molecule has 0 unspecified atom stereocenters. The molecule has 0 aromatic carbocycles. The van der Waals surface area contributed by atoms with Gasteiger partial charge in [-0.15, -0.1) is 0 Å². The van der Waals surface area contributed by atoms with Crippen LogP contribution in [-0.2, 0) is 4.79 Å². The molecule has 0 bridgehead atoms. The molecule has 0 aromatic heterocycles. The van der Waals surface area contributed by atoms with Gasteiger partial charge in [-0.2, -0.15) is 0 Å². The number of hydrogen-bond donors (Lipinski definition) is 0. The number of likely N-dealkylation sites (tertiary alicyclic amines) is 2. The third-order valence-electron chi connectivity index (χ3n) is 4.96. The Morgan fingerprint density at radius 1 is 1.00 bits per heavy atom. The van der Waals surface area contributed by atoms with E-state index in [0.29, 0.717) is 5.78 Å². The molecule has 0 atom stereocenters. The highest BCUT2D eigenvalue weighted by Crippen LogP contribution is 2.22. The third kappa shape index (κ3) is 4.56. The van der Waals surface area contributed by atoms with Crippen LogP contribution in [-0.4, -0.2) is 54.3 Å². The molecule has 2 saturated heterocycles. The second-order valence-corrected chi connectivity index (χ2v) is 7.59. The van der Waals surface area contributed by atoms with Crippen molar-refractivity contribution in [2.45, 2.75) is 65.3 Å². The molecule has 0 aromatic rings. The lowest BCUT2D eigenvalue weighted by atomic mass is 9.89. The zero-order valence-corrected chi connectivity index (χ0v) is 13.7. The van der Waals surface area contributed by atoms with E-state index in [-0.39, 0.29) is 5.41 Å². The highest BCUT2D eigenvalue weighted by molar-refractivity contribution is 5.83. The molecule has 0 N–H and O–H groups in total. The summed E-state index contributed by atoms with van der Waals surface area (Å²) in [5.74, 6) is 0.399. The first-order chi connectivity index (χ1) is 9.47. The van der Waals surface area contributed by atoms with Crippen LogP contribution < -0.4 is 0 Å². The van der Waals surface area contributed by atoms with Crippen molar-refractivity contribution in [2.75, 3.05) is 32.7 Å². The summed E-state index contributed by atoms with van der Waals surface area (Å²) >= 11 is 0. The number of Topliss-reactive ketones (excluding diaryl/α,β-unsaturated/α-hetero) is 1. The molecule has 3 nitrogen and oxygen atoms in total. The second kappa shape index (κ2) is 7.04. The van der Waals surface area contributed by atoms with E-state index in [0.717, 1.165) is 19.0 Å². The minimum atomic E-state index is -0.174. The van der Waals surface area contributed by atoms with Crippen molar-refractivity contribution in [2.24, 2.45) is 5.41 Å². The van der Waals surface area contributed by atoms with Crippen molar-refractivity contribution >= 4 is 5.78 Å². The van der Waals surface area contributed by atoms with Crippen LogP contribution in [0.15, 0.2) is 0 Å². The Kier molecular flexibility index (Phi) is 5.62. The molecule has 0 aliphatic carbocycles. The van der Waals surface area contributed by atoms with Gasteiger partial charge in [-0.25, -0.2) is 0 Å². The summed E-state index contributed by atoms with van der Waals surface area (Å²) < 4.78 is 0. The van der Waals surface area contributed by atoms with Crippen LogP contribution in [0, 0.1) is 5.41 Å². The summed E-state index contributed by atoms with van der Waals surface area (Å²) in [6, 6.07) is 0.810. The first-order valence-corrected chi connectivity index (χ1v) is 8.46. The number of piperidine rings is 2. The number of carbonyl (C=O) groups excluding carboxylic acids is 1. The number of nitrogens with zero attached hydrogens (tertiary/aromatic N) is 2. The van der Waals surface area contributed by atoms with Crippen LogP contribution in [0.3, 0.4) is 0 Å². The molecular weight excluding hydrogens is 248 g/mol. The lowest BCUT2D eigenvalue weighted by molar-refractivity contribution is -0.126. The van der Waals surface area contributed by atoms with E-state index in [4.69, 9.17) is 0 Å². The topological polar surface area (TPSA) is 23.6 Å². The van der Waals surface area contributed by atoms with E-state index in [1.54, 1.807) is 0 Å². The summed E-state index contributed by atoms with van der Waals surface area (Å²) in [5, 5.41) is 0. The number of hydrogen-bond acceptors (Lipinski definition) is 3. The van der Waals surface area contributed by atoms with Gasteiger partial charge in [-0.05, 0) is 51.9 Å².